The number of hydrogen-bond acceptors (Lipinski definition) is 0. The summed E-state index contributed by atoms with van der Waals surface area (Å²) in [7, 11) is 0. The topological polar surface area (TPSA) is 0 Å². The Bertz CT molecular complexity index is 74.1. The summed E-state index contributed by atoms with van der Waals surface area (Å²) < 4.78 is 0. The zero-order valence-corrected chi connectivity index (χ0v) is 6.85. The van der Waals surface area contributed by atoms with Crippen molar-refractivity contribution in [3.63, 3.8) is 0 Å². The molecule has 0 amide bonds. The van der Waals surface area contributed by atoms with E-state index in [1.165, 1.54) is 12.8 Å². The molecule has 0 aromatic carbocycles. The monoisotopic (exact) mass is 126 g/mol. The fourth-order valence-corrected chi connectivity index (χ4v) is 0.898. The second kappa shape index (κ2) is 4.60. The molecule has 2 atom stereocenters. The van der Waals surface area contributed by atoms with Gasteiger partial charge in [0.05, 0.1) is 0 Å². The van der Waals surface area contributed by atoms with Crippen LogP contribution in [0.25, 0.3) is 0 Å². The third-order valence-corrected chi connectivity index (χ3v) is 1.87. The third-order valence-electron chi connectivity index (χ3n) is 1.87. The zero-order chi connectivity index (χ0) is 7.28. The molecule has 0 bridgehead atoms. The molecule has 0 heterocycles. The van der Waals surface area contributed by atoms with E-state index in [1.807, 2.05) is 6.08 Å². The Morgan fingerprint density at radius 2 is 2.00 bits per heavy atom. The first-order chi connectivity index (χ1) is 4.20. The molecule has 54 valence electrons. The summed E-state index contributed by atoms with van der Waals surface area (Å²) in [6, 6.07) is 0. The van der Waals surface area contributed by atoms with Crippen molar-refractivity contribution in [3.8, 4) is 0 Å². The summed E-state index contributed by atoms with van der Waals surface area (Å²) in [5.41, 5.74) is 0. The SMILES string of the molecule is C=CC(C)CC(C)CC. The molecule has 0 aromatic rings. The second-order valence-electron chi connectivity index (χ2n) is 2.96. The first-order valence-electron chi connectivity index (χ1n) is 3.83. The molecule has 0 aliphatic carbocycles. The Balaban J connectivity index is 3.33. The van der Waals surface area contributed by atoms with E-state index in [9.17, 15) is 0 Å². The minimum Gasteiger partial charge on any atom is -0.103 e. The first kappa shape index (κ1) is 8.74. The fraction of sp³-hybridized carbons (Fsp3) is 0.778. The van der Waals surface area contributed by atoms with Gasteiger partial charge >= 0.3 is 0 Å². The Morgan fingerprint density at radius 1 is 1.44 bits per heavy atom. The molecule has 0 spiro atoms. The van der Waals surface area contributed by atoms with Crippen molar-refractivity contribution in [3.05, 3.63) is 12.7 Å². The maximum Gasteiger partial charge on any atom is -0.0262 e. The van der Waals surface area contributed by atoms with E-state index in [0.717, 1.165) is 5.92 Å². The Morgan fingerprint density at radius 3 is 2.33 bits per heavy atom. The van der Waals surface area contributed by atoms with Gasteiger partial charge in [0.1, 0.15) is 0 Å². The van der Waals surface area contributed by atoms with Gasteiger partial charge in [0.15, 0.2) is 0 Å². The molecule has 0 aliphatic heterocycles. The van der Waals surface area contributed by atoms with Crippen LogP contribution in [0.5, 0.6) is 0 Å². The highest BCUT2D eigenvalue weighted by Crippen LogP contribution is 2.14. The van der Waals surface area contributed by atoms with Crippen molar-refractivity contribution in [2.24, 2.45) is 11.8 Å². The van der Waals surface area contributed by atoms with Crippen LogP contribution < -0.4 is 0 Å². The second-order valence-corrected chi connectivity index (χ2v) is 2.96. The average molecular weight is 126 g/mol. The Labute approximate surface area is 59.0 Å². The smallest absolute Gasteiger partial charge is 0.0262 e. The maximum absolute atomic E-state index is 3.75. The van der Waals surface area contributed by atoms with Gasteiger partial charge in [-0.25, -0.2) is 0 Å². The van der Waals surface area contributed by atoms with E-state index >= 15 is 0 Å². The van der Waals surface area contributed by atoms with Crippen molar-refractivity contribution in [2.75, 3.05) is 0 Å². The number of rotatable bonds is 4. The lowest BCUT2D eigenvalue weighted by Crippen LogP contribution is -1.98. The van der Waals surface area contributed by atoms with Crippen molar-refractivity contribution >= 4 is 0 Å². The number of allylic oxidation sites excluding steroid dienone is 1. The van der Waals surface area contributed by atoms with Crippen LogP contribution in [0, 0.1) is 11.8 Å². The first-order valence-corrected chi connectivity index (χ1v) is 3.83. The van der Waals surface area contributed by atoms with Gasteiger partial charge in [0.25, 0.3) is 0 Å². The highest BCUT2D eigenvalue weighted by molar-refractivity contribution is 4.75. The Hall–Kier alpha value is -0.260. The van der Waals surface area contributed by atoms with Crippen LogP contribution in [0.1, 0.15) is 33.6 Å². The molecule has 0 saturated heterocycles. The molecule has 0 saturated carbocycles. The molecular weight excluding hydrogens is 108 g/mol. The highest BCUT2D eigenvalue weighted by Gasteiger charge is 2.01. The van der Waals surface area contributed by atoms with Gasteiger partial charge in [0.2, 0.25) is 0 Å². The van der Waals surface area contributed by atoms with Crippen molar-refractivity contribution in [1.82, 2.24) is 0 Å². The lowest BCUT2D eigenvalue weighted by Gasteiger charge is -2.10. The molecule has 0 aromatic heterocycles. The van der Waals surface area contributed by atoms with Crippen LogP contribution in [0.2, 0.25) is 0 Å². The zero-order valence-electron chi connectivity index (χ0n) is 6.85. The molecule has 0 nitrogen and oxygen atoms in total. The fourth-order valence-electron chi connectivity index (χ4n) is 0.898. The molecule has 9 heavy (non-hydrogen) atoms. The van der Waals surface area contributed by atoms with E-state index in [-0.39, 0.29) is 0 Å². The maximum atomic E-state index is 3.75. The third kappa shape index (κ3) is 4.26. The average Bonchev–Trinajstić information content (AvgIpc) is 1.87. The van der Waals surface area contributed by atoms with Gasteiger partial charge in [-0.2, -0.15) is 0 Å². The lowest BCUT2D eigenvalue weighted by atomic mass is 9.96. The minimum atomic E-state index is 0.694. The van der Waals surface area contributed by atoms with E-state index in [1.54, 1.807) is 0 Å². The molecule has 2 unspecified atom stereocenters. The molecule has 0 rings (SSSR count). The van der Waals surface area contributed by atoms with Gasteiger partial charge in [-0.15, -0.1) is 6.58 Å². The van der Waals surface area contributed by atoms with Gasteiger partial charge in [0, 0.05) is 0 Å². The quantitative estimate of drug-likeness (QED) is 0.507. The van der Waals surface area contributed by atoms with E-state index in [0.29, 0.717) is 5.92 Å². The molecule has 0 aliphatic rings. The van der Waals surface area contributed by atoms with Gasteiger partial charge in [-0.3, -0.25) is 0 Å². The standard InChI is InChI=1S/C9H18/c1-5-8(3)7-9(4)6-2/h5,8-9H,1,6-7H2,2-4H3. The predicted octanol–water partition coefficient (Wildman–Crippen LogP) is 3.24. The van der Waals surface area contributed by atoms with E-state index in [2.05, 4.69) is 27.4 Å². The van der Waals surface area contributed by atoms with Crippen LogP contribution in [0.15, 0.2) is 12.7 Å². The van der Waals surface area contributed by atoms with Gasteiger partial charge in [-0.1, -0.05) is 33.3 Å². The predicted molar refractivity (Wildman–Crippen MR) is 43.4 cm³/mol. The molecular formula is C9H18. The molecule has 0 radical (unpaired) electrons. The Kier molecular flexibility index (Phi) is 4.47. The summed E-state index contributed by atoms with van der Waals surface area (Å²) in [4.78, 5) is 0. The summed E-state index contributed by atoms with van der Waals surface area (Å²) in [5.74, 6) is 1.55. The minimum absolute atomic E-state index is 0.694. The highest BCUT2D eigenvalue weighted by atomic mass is 14.1. The molecule has 0 N–H and O–H groups in total. The van der Waals surface area contributed by atoms with Crippen molar-refractivity contribution in [1.29, 1.82) is 0 Å². The number of hydrogen-bond donors (Lipinski definition) is 0. The lowest BCUT2D eigenvalue weighted by molar-refractivity contribution is 0.455. The summed E-state index contributed by atoms with van der Waals surface area (Å²) in [6.45, 7) is 10.5. The van der Waals surface area contributed by atoms with E-state index in [4.69, 9.17) is 0 Å². The summed E-state index contributed by atoms with van der Waals surface area (Å²) in [5, 5.41) is 0. The van der Waals surface area contributed by atoms with E-state index < -0.39 is 0 Å². The van der Waals surface area contributed by atoms with Crippen LogP contribution in [-0.2, 0) is 0 Å². The van der Waals surface area contributed by atoms with Crippen LogP contribution in [-0.4, -0.2) is 0 Å². The van der Waals surface area contributed by atoms with Crippen molar-refractivity contribution < 1.29 is 0 Å². The van der Waals surface area contributed by atoms with Gasteiger partial charge in [-0.05, 0) is 18.3 Å². The largest absolute Gasteiger partial charge is 0.103 e. The van der Waals surface area contributed by atoms with Gasteiger partial charge < -0.3 is 0 Å². The molecule has 0 heteroatoms. The summed E-state index contributed by atoms with van der Waals surface area (Å²) >= 11 is 0. The van der Waals surface area contributed by atoms with Crippen LogP contribution >= 0.6 is 0 Å². The van der Waals surface area contributed by atoms with Crippen LogP contribution in [0.4, 0.5) is 0 Å². The normalized spacial score (nSPS) is 16.8. The van der Waals surface area contributed by atoms with Crippen molar-refractivity contribution in [2.45, 2.75) is 33.6 Å². The summed E-state index contributed by atoms with van der Waals surface area (Å²) in [6.07, 6.45) is 4.62. The molecule has 0 fully saturated rings. The van der Waals surface area contributed by atoms with Crippen LogP contribution in [0.3, 0.4) is 0 Å².